The Morgan fingerprint density at radius 2 is 1.77 bits per heavy atom. The van der Waals surface area contributed by atoms with Gasteiger partial charge >= 0.3 is 6.09 Å². The Bertz CT molecular complexity index is 763. The number of aromatic nitrogens is 1. The standard InChI is InChI=1S/C23H40N4O3S/c1-17(2)16-19(25-31(29)23(6,7)8)18-10-9-11-24-20(18)26-12-14-27(15-13-26)21(28)30-22(3,4)5/h9-11,17,19,25H,12-16H2,1-8H3/t19-,31+/m1/s1. The molecule has 0 unspecified atom stereocenters. The van der Waals surface area contributed by atoms with Gasteiger partial charge in [0, 0.05) is 44.0 Å². The minimum absolute atomic E-state index is 0.0624. The lowest BCUT2D eigenvalue weighted by Gasteiger charge is -2.37. The van der Waals surface area contributed by atoms with Crippen LogP contribution in [0.1, 0.15) is 73.4 Å². The van der Waals surface area contributed by atoms with Crippen molar-refractivity contribution in [1.82, 2.24) is 14.6 Å². The molecule has 1 aliphatic heterocycles. The Morgan fingerprint density at radius 3 is 2.29 bits per heavy atom. The normalized spacial score (nSPS) is 17.6. The highest BCUT2D eigenvalue weighted by molar-refractivity contribution is 7.84. The van der Waals surface area contributed by atoms with Gasteiger partial charge in [0.05, 0.1) is 15.7 Å². The van der Waals surface area contributed by atoms with Crippen LogP contribution in [0.3, 0.4) is 0 Å². The van der Waals surface area contributed by atoms with E-state index in [2.05, 4.69) is 34.5 Å². The Morgan fingerprint density at radius 1 is 1.16 bits per heavy atom. The SMILES string of the molecule is CC(C)C[C@@H](N[S@@](=O)C(C)(C)C)c1cccnc1N1CCN(C(=O)OC(C)(C)C)CC1. The quantitative estimate of drug-likeness (QED) is 0.697. The average Bonchev–Trinajstić information content (AvgIpc) is 2.65. The summed E-state index contributed by atoms with van der Waals surface area (Å²) >= 11 is 0. The number of ether oxygens (including phenoxy) is 1. The van der Waals surface area contributed by atoms with Crippen LogP contribution in [0, 0.1) is 5.92 Å². The summed E-state index contributed by atoms with van der Waals surface area (Å²) in [5.74, 6) is 1.34. The van der Waals surface area contributed by atoms with Crippen LogP contribution in [-0.4, -0.2) is 56.7 Å². The Hall–Kier alpha value is -1.67. The van der Waals surface area contributed by atoms with Crippen molar-refractivity contribution in [1.29, 1.82) is 0 Å². The van der Waals surface area contributed by atoms with Crippen LogP contribution in [0.4, 0.5) is 10.6 Å². The molecule has 31 heavy (non-hydrogen) atoms. The number of amides is 1. The van der Waals surface area contributed by atoms with Crippen molar-refractivity contribution in [2.45, 2.75) is 78.2 Å². The van der Waals surface area contributed by atoms with Crippen molar-refractivity contribution in [2.24, 2.45) is 5.92 Å². The van der Waals surface area contributed by atoms with Gasteiger partial charge in [-0.05, 0) is 59.9 Å². The lowest BCUT2D eigenvalue weighted by Crippen LogP contribution is -2.50. The van der Waals surface area contributed by atoms with E-state index in [-0.39, 0.29) is 16.9 Å². The molecule has 2 atom stereocenters. The maximum Gasteiger partial charge on any atom is 0.410 e. The zero-order valence-corrected chi connectivity index (χ0v) is 21.2. The van der Waals surface area contributed by atoms with Crippen molar-refractivity contribution in [3.05, 3.63) is 23.9 Å². The van der Waals surface area contributed by atoms with E-state index >= 15 is 0 Å². The van der Waals surface area contributed by atoms with Crippen LogP contribution in [-0.2, 0) is 15.7 Å². The fourth-order valence-electron chi connectivity index (χ4n) is 3.39. The molecule has 1 N–H and O–H groups in total. The summed E-state index contributed by atoms with van der Waals surface area (Å²) in [6, 6.07) is 3.94. The van der Waals surface area contributed by atoms with Crippen LogP contribution in [0.15, 0.2) is 18.3 Å². The molecule has 0 saturated carbocycles. The van der Waals surface area contributed by atoms with E-state index in [1.165, 1.54) is 0 Å². The molecule has 176 valence electrons. The van der Waals surface area contributed by atoms with Gasteiger partial charge in [-0.15, -0.1) is 0 Å². The van der Waals surface area contributed by atoms with Gasteiger partial charge in [-0.2, -0.15) is 0 Å². The van der Waals surface area contributed by atoms with Gasteiger partial charge in [0.1, 0.15) is 11.4 Å². The first-order valence-corrected chi connectivity index (χ1v) is 12.3. The van der Waals surface area contributed by atoms with Gasteiger partial charge in [0.15, 0.2) is 0 Å². The van der Waals surface area contributed by atoms with E-state index in [1.807, 2.05) is 47.6 Å². The number of carbonyl (C=O) groups excluding carboxylic acids is 1. The fourth-order valence-corrected chi connectivity index (χ4v) is 4.22. The molecule has 1 saturated heterocycles. The average molecular weight is 453 g/mol. The molecule has 8 heteroatoms. The molecule has 0 aromatic carbocycles. The summed E-state index contributed by atoms with van der Waals surface area (Å²) in [5.41, 5.74) is 0.556. The van der Waals surface area contributed by atoms with Crippen molar-refractivity contribution < 1.29 is 13.7 Å². The first-order valence-electron chi connectivity index (χ1n) is 11.1. The third kappa shape index (κ3) is 7.75. The first kappa shape index (κ1) is 25.6. The number of hydrogen-bond donors (Lipinski definition) is 1. The molecular formula is C23H40N4O3S. The third-order valence-corrected chi connectivity index (χ3v) is 6.55. The summed E-state index contributed by atoms with van der Waals surface area (Å²) < 4.78 is 21.4. The second-order valence-electron chi connectivity index (χ2n) is 10.6. The predicted octanol–water partition coefficient (Wildman–Crippen LogP) is 4.28. The minimum atomic E-state index is -1.19. The molecule has 0 spiro atoms. The number of rotatable bonds is 6. The van der Waals surface area contributed by atoms with E-state index in [0.29, 0.717) is 32.1 Å². The predicted molar refractivity (Wildman–Crippen MR) is 127 cm³/mol. The molecule has 0 radical (unpaired) electrons. The lowest BCUT2D eigenvalue weighted by molar-refractivity contribution is 0.0240. The topological polar surface area (TPSA) is 74.8 Å². The van der Waals surface area contributed by atoms with Gasteiger partial charge in [0.25, 0.3) is 0 Å². The number of nitrogens with zero attached hydrogens (tertiary/aromatic N) is 3. The maximum atomic E-state index is 12.9. The number of nitrogens with one attached hydrogen (secondary N) is 1. The van der Waals surface area contributed by atoms with Crippen LogP contribution in [0.5, 0.6) is 0 Å². The summed E-state index contributed by atoms with van der Waals surface area (Å²) in [6.07, 6.45) is 2.39. The smallest absolute Gasteiger partial charge is 0.410 e. The number of carbonyl (C=O) groups is 1. The minimum Gasteiger partial charge on any atom is -0.444 e. The summed E-state index contributed by atoms with van der Waals surface area (Å²) in [6.45, 7) is 18.4. The van der Waals surface area contributed by atoms with E-state index in [4.69, 9.17) is 4.74 Å². The second kappa shape index (κ2) is 10.3. The molecule has 2 heterocycles. The van der Waals surface area contributed by atoms with Crippen molar-refractivity contribution in [3.63, 3.8) is 0 Å². The van der Waals surface area contributed by atoms with Crippen LogP contribution in [0.25, 0.3) is 0 Å². The number of anilines is 1. The van der Waals surface area contributed by atoms with Crippen molar-refractivity contribution >= 4 is 22.9 Å². The second-order valence-corrected chi connectivity index (χ2v) is 12.5. The van der Waals surface area contributed by atoms with Crippen molar-refractivity contribution in [3.8, 4) is 0 Å². The first-order chi connectivity index (χ1) is 14.3. The highest BCUT2D eigenvalue weighted by Crippen LogP contribution is 2.31. The highest BCUT2D eigenvalue weighted by atomic mass is 32.2. The van der Waals surface area contributed by atoms with Crippen LogP contribution < -0.4 is 9.62 Å². The van der Waals surface area contributed by atoms with E-state index in [1.54, 1.807) is 11.1 Å². The zero-order chi connectivity index (χ0) is 23.4. The molecule has 1 aromatic heterocycles. The van der Waals surface area contributed by atoms with Gasteiger partial charge in [-0.3, -0.25) is 0 Å². The molecular weight excluding hydrogens is 412 g/mol. The third-order valence-electron chi connectivity index (χ3n) is 4.94. The fraction of sp³-hybridized carbons (Fsp3) is 0.739. The highest BCUT2D eigenvalue weighted by Gasteiger charge is 2.30. The Labute approximate surface area is 190 Å². The summed E-state index contributed by atoms with van der Waals surface area (Å²) in [4.78, 5) is 21.0. The molecule has 1 fully saturated rings. The summed E-state index contributed by atoms with van der Waals surface area (Å²) in [5, 5.41) is 0. The molecule has 0 bridgehead atoms. The number of piperazine rings is 1. The maximum absolute atomic E-state index is 12.9. The van der Waals surface area contributed by atoms with E-state index in [9.17, 15) is 9.00 Å². The molecule has 0 aliphatic carbocycles. The van der Waals surface area contributed by atoms with E-state index < -0.39 is 16.6 Å². The van der Waals surface area contributed by atoms with Gasteiger partial charge in [-0.25, -0.2) is 18.7 Å². The molecule has 7 nitrogen and oxygen atoms in total. The van der Waals surface area contributed by atoms with Gasteiger partial charge < -0.3 is 14.5 Å². The molecule has 2 rings (SSSR count). The molecule has 1 aliphatic rings. The van der Waals surface area contributed by atoms with E-state index in [0.717, 1.165) is 17.8 Å². The Kier molecular flexibility index (Phi) is 8.50. The zero-order valence-electron chi connectivity index (χ0n) is 20.4. The Balaban J connectivity index is 2.18. The van der Waals surface area contributed by atoms with Crippen LogP contribution >= 0.6 is 0 Å². The number of hydrogen-bond acceptors (Lipinski definition) is 5. The monoisotopic (exact) mass is 452 g/mol. The summed E-state index contributed by atoms with van der Waals surface area (Å²) in [7, 11) is -1.19. The lowest BCUT2D eigenvalue weighted by atomic mass is 9.98. The van der Waals surface area contributed by atoms with Gasteiger partial charge in [0.2, 0.25) is 0 Å². The largest absolute Gasteiger partial charge is 0.444 e. The number of pyridine rings is 1. The van der Waals surface area contributed by atoms with Crippen LogP contribution in [0.2, 0.25) is 0 Å². The molecule has 1 amide bonds. The van der Waals surface area contributed by atoms with Crippen molar-refractivity contribution in [2.75, 3.05) is 31.1 Å². The van der Waals surface area contributed by atoms with Gasteiger partial charge in [-0.1, -0.05) is 19.9 Å². The molecule has 1 aromatic rings.